The van der Waals surface area contributed by atoms with Gasteiger partial charge in [0.2, 0.25) is 0 Å². The summed E-state index contributed by atoms with van der Waals surface area (Å²) in [4.78, 5) is 0. The predicted molar refractivity (Wildman–Crippen MR) is 86.2 cm³/mol. The van der Waals surface area contributed by atoms with Crippen LogP contribution in [0.2, 0.25) is 0 Å². The topological polar surface area (TPSA) is 55.9 Å². The number of halogens is 1. The van der Waals surface area contributed by atoms with Crippen LogP contribution in [0.25, 0.3) is 0 Å². The molecule has 0 aromatic carbocycles. The molecule has 0 amide bonds. The SMILES string of the molecule is CCCn1nccc1C(O)Cc1c(Br)c(CC)nn1CC. The minimum absolute atomic E-state index is 0.539. The van der Waals surface area contributed by atoms with Crippen molar-refractivity contribution < 1.29 is 5.11 Å². The van der Waals surface area contributed by atoms with Crippen molar-refractivity contribution in [3.63, 3.8) is 0 Å². The van der Waals surface area contributed by atoms with E-state index in [1.807, 2.05) is 15.4 Å². The number of aliphatic hydroxyl groups is 1. The van der Waals surface area contributed by atoms with Crippen LogP contribution in [0.3, 0.4) is 0 Å². The highest BCUT2D eigenvalue weighted by Gasteiger charge is 2.20. The first-order chi connectivity index (χ1) is 10.1. The second-order valence-corrected chi connectivity index (χ2v) is 5.87. The van der Waals surface area contributed by atoms with Gasteiger partial charge >= 0.3 is 0 Å². The number of rotatable bonds is 7. The highest BCUT2D eigenvalue weighted by atomic mass is 79.9. The maximum atomic E-state index is 10.6. The summed E-state index contributed by atoms with van der Waals surface area (Å²) in [6.07, 6.45) is 3.60. The third-order valence-electron chi connectivity index (χ3n) is 3.61. The van der Waals surface area contributed by atoms with E-state index in [-0.39, 0.29) is 0 Å². The number of aryl methyl sites for hydroxylation is 3. The summed E-state index contributed by atoms with van der Waals surface area (Å²) in [5.74, 6) is 0. The first-order valence-electron chi connectivity index (χ1n) is 7.56. The molecule has 0 aliphatic carbocycles. The third kappa shape index (κ3) is 3.37. The van der Waals surface area contributed by atoms with Crippen molar-refractivity contribution in [3.05, 3.63) is 33.8 Å². The molecule has 5 nitrogen and oxygen atoms in total. The summed E-state index contributed by atoms with van der Waals surface area (Å²) < 4.78 is 4.87. The first-order valence-corrected chi connectivity index (χ1v) is 8.35. The van der Waals surface area contributed by atoms with Crippen LogP contribution in [0.15, 0.2) is 16.7 Å². The van der Waals surface area contributed by atoms with E-state index >= 15 is 0 Å². The molecule has 116 valence electrons. The van der Waals surface area contributed by atoms with Gasteiger partial charge in [0.25, 0.3) is 0 Å². The molecule has 6 heteroatoms. The van der Waals surface area contributed by atoms with E-state index in [0.717, 1.165) is 47.5 Å². The maximum absolute atomic E-state index is 10.6. The van der Waals surface area contributed by atoms with E-state index < -0.39 is 6.10 Å². The van der Waals surface area contributed by atoms with Crippen LogP contribution in [-0.2, 0) is 25.9 Å². The minimum Gasteiger partial charge on any atom is -0.386 e. The Morgan fingerprint density at radius 2 is 2.05 bits per heavy atom. The Bertz CT molecular complexity index is 591. The van der Waals surface area contributed by atoms with Crippen molar-refractivity contribution in [1.82, 2.24) is 19.6 Å². The van der Waals surface area contributed by atoms with Gasteiger partial charge in [-0.1, -0.05) is 13.8 Å². The molecular formula is C15H23BrN4O. The second kappa shape index (κ2) is 7.22. The van der Waals surface area contributed by atoms with Gasteiger partial charge in [0.15, 0.2) is 0 Å². The average molecular weight is 355 g/mol. The van der Waals surface area contributed by atoms with Crippen LogP contribution < -0.4 is 0 Å². The first kappa shape index (κ1) is 16.2. The van der Waals surface area contributed by atoms with Gasteiger partial charge in [-0.15, -0.1) is 0 Å². The molecule has 0 saturated heterocycles. The Kier molecular flexibility index (Phi) is 5.58. The van der Waals surface area contributed by atoms with Gasteiger partial charge in [0.1, 0.15) is 6.10 Å². The molecular weight excluding hydrogens is 332 g/mol. The van der Waals surface area contributed by atoms with E-state index in [1.165, 1.54) is 0 Å². The van der Waals surface area contributed by atoms with Crippen molar-refractivity contribution in [2.75, 3.05) is 0 Å². The van der Waals surface area contributed by atoms with Crippen LogP contribution in [0.5, 0.6) is 0 Å². The van der Waals surface area contributed by atoms with Crippen molar-refractivity contribution in [1.29, 1.82) is 0 Å². The molecule has 0 bridgehead atoms. The Balaban J connectivity index is 2.24. The fourth-order valence-electron chi connectivity index (χ4n) is 2.52. The van der Waals surface area contributed by atoms with E-state index in [1.54, 1.807) is 6.20 Å². The van der Waals surface area contributed by atoms with Crippen LogP contribution in [0, 0.1) is 0 Å². The van der Waals surface area contributed by atoms with Crippen molar-refractivity contribution in [3.8, 4) is 0 Å². The van der Waals surface area contributed by atoms with E-state index in [2.05, 4.69) is 46.9 Å². The molecule has 0 saturated carbocycles. The molecule has 0 aliphatic heterocycles. The van der Waals surface area contributed by atoms with Gasteiger partial charge in [0.05, 0.1) is 21.6 Å². The fraction of sp³-hybridized carbons (Fsp3) is 0.600. The quantitative estimate of drug-likeness (QED) is 0.830. The van der Waals surface area contributed by atoms with Gasteiger partial charge < -0.3 is 5.11 Å². The Morgan fingerprint density at radius 3 is 2.67 bits per heavy atom. The zero-order valence-corrected chi connectivity index (χ0v) is 14.5. The molecule has 2 aromatic heterocycles. The van der Waals surface area contributed by atoms with Crippen molar-refractivity contribution in [2.24, 2.45) is 0 Å². The lowest BCUT2D eigenvalue weighted by molar-refractivity contribution is 0.163. The standard InChI is InChI=1S/C15H23BrN4O/c1-4-9-20-12(7-8-17-20)14(21)10-13-15(16)11(5-2)18-19(13)6-3/h7-8,14,21H,4-6,9-10H2,1-3H3. The molecule has 0 aliphatic rings. The smallest absolute Gasteiger partial charge is 0.101 e. The van der Waals surface area contributed by atoms with Gasteiger partial charge in [-0.2, -0.15) is 10.2 Å². The second-order valence-electron chi connectivity index (χ2n) is 5.08. The molecule has 1 N–H and O–H groups in total. The monoisotopic (exact) mass is 354 g/mol. The molecule has 21 heavy (non-hydrogen) atoms. The van der Waals surface area contributed by atoms with Crippen LogP contribution in [0.4, 0.5) is 0 Å². The lowest BCUT2D eigenvalue weighted by Crippen LogP contribution is -2.13. The van der Waals surface area contributed by atoms with Crippen LogP contribution in [0.1, 0.15) is 50.4 Å². The number of hydrogen-bond donors (Lipinski definition) is 1. The maximum Gasteiger partial charge on any atom is 0.101 e. The molecule has 2 aromatic rings. The van der Waals surface area contributed by atoms with Crippen LogP contribution in [-0.4, -0.2) is 24.7 Å². The van der Waals surface area contributed by atoms with Gasteiger partial charge in [-0.25, -0.2) is 0 Å². The van der Waals surface area contributed by atoms with Gasteiger partial charge in [0, 0.05) is 25.7 Å². The van der Waals surface area contributed by atoms with Crippen molar-refractivity contribution in [2.45, 2.75) is 59.2 Å². The predicted octanol–water partition coefficient (Wildman–Crippen LogP) is 3.11. The summed E-state index contributed by atoms with van der Waals surface area (Å²) in [5.41, 5.74) is 2.96. The highest BCUT2D eigenvalue weighted by Crippen LogP contribution is 2.27. The highest BCUT2D eigenvalue weighted by molar-refractivity contribution is 9.10. The number of nitrogens with zero attached hydrogens (tertiary/aromatic N) is 4. The Morgan fingerprint density at radius 1 is 1.29 bits per heavy atom. The van der Waals surface area contributed by atoms with Crippen LogP contribution >= 0.6 is 15.9 Å². The summed E-state index contributed by atoms with van der Waals surface area (Å²) >= 11 is 3.63. The molecule has 2 rings (SSSR count). The lowest BCUT2D eigenvalue weighted by Gasteiger charge is -2.14. The average Bonchev–Trinajstić information content (AvgIpc) is 3.05. The number of aliphatic hydroxyl groups excluding tert-OH is 1. The Labute approximate surface area is 134 Å². The molecule has 1 unspecified atom stereocenters. The molecule has 0 fully saturated rings. The van der Waals surface area contributed by atoms with Gasteiger partial charge in [-0.05, 0) is 41.8 Å². The number of aromatic nitrogens is 4. The summed E-state index contributed by atoms with van der Waals surface area (Å²) in [5, 5.41) is 19.4. The molecule has 0 radical (unpaired) electrons. The van der Waals surface area contributed by atoms with Crippen molar-refractivity contribution >= 4 is 15.9 Å². The largest absolute Gasteiger partial charge is 0.386 e. The van der Waals surface area contributed by atoms with Gasteiger partial charge in [-0.3, -0.25) is 9.36 Å². The fourth-order valence-corrected chi connectivity index (χ4v) is 3.25. The normalized spacial score (nSPS) is 12.8. The molecule has 1 atom stereocenters. The zero-order valence-electron chi connectivity index (χ0n) is 12.9. The van der Waals surface area contributed by atoms with E-state index in [0.29, 0.717) is 6.42 Å². The minimum atomic E-state index is -0.568. The van der Waals surface area contributed by atoms with E-state index in [9.17, 15) is 5.11 Å². The summed E-state index contributed by atoms with van der Waals surface area (Å²) in [6, 6.07) is 1.89. The molecule has 2 heterocycles. The number of hydrogen-bond acceptors (Lipinski definition) is 3. The molecule has 0 spiro atoms. The summed E-state index contributed by atoms with van der Waals surface area (Å²) in [7, 11) is 0. The zero-order chi connectivity index (χ0) is 15.4. The Hall–Kier alpha value is -1.14. The van der Waals surface area contributed by atoms with E-state index in [4.69, 9.17) is 0 Å². The third-order valence-corrected chi connectivity index (χ3v) is 4.52. The lowest BCUT2D eigenvalue weighted by atomic mass is 10.1. The summed E-state index contributed by atoms with van der Waals surface area (Å²) in [6.45, 7) is 7.89.